The van der Waals surface area contributed by atoms with Crippen LogP contribution in [0.25, 0.3) is 11.4 Å². The summed E-state index contributed by atoms with van der Waals surface area (Å²) in [5.74, 6) is 1.35. The van der Waals surface area contributed by atoms with Crippen LogP contribution in [0.2, 0.25) is 0 Å². The first-order valence-corrected chi connectivity index (χ1v) is 6.95. The minimum absolute atomic E-state index is 0.613. The Morgan fingerprint density at radius 2 is 2.35 bits per heavy atom. The van der Waals surface area contributed by atoms with Crippen molar-refractivity contribution in [1.29, 1.82) is 0 Å². The average molecular weight is 273 g/mol. The van der Waals surface area contributed by atoms with E-state index in [0.29, 0.717) is 5.92 Å². The number of aryl methyl sites for hydroxylation is 2. The predicted octanol–water partition coefficient (Wildman–Crippen LogP) is 1.66. The lowest BCUT2D eigenvalue weighted by atomic mass is 10.1. The molecule has 1 saturated heterocycles. The van der Waals surface area contributed by atoms with E-state index in [0.717, 1.165) is 55.2 Å². The Morgan fingerprint density at radius 1 is 1.45 bits per heavy atom. The van der Waals surface area contributed by atoms with Crippen molar-refractivity contribution in [3.05, 3.63) is 23.8 Å². The van der Waals surface area contributed by atoms with Crippen LogP contribution in [0.3, 0.4) is 0 Å². The molecule has 1 aliphatic rings. The van der Waals surface area contributed by atoms with Crippen LogP contribution in [0.15, 0.2) is 18.2 Å². The fourth-order valence-electron chi connectivity index (χ4n) is 2.54. The molecule has 1 aromatic carbocycles. The molecule has 2 heterocycles. The second kappa shape index (κ2) is 5.58. The van der Waals surface area contributed by atoms with Crippen molar-refractivity contribution in [2.45, 2.75) is 26.3 Å². The molecule has 0 saturated carbocycles. The van der Waals surface area contributed by atoms with Crippen molar-refractivity contribution in [1.82, 2.24) is 20.2 Å². The summed E-state index contributed by atoms with van der Waals surface area (Å²) in [6, 6.07) is 5.93. The van der Waals surface area contributed by atoms with Crippen molar-refractivity contribution in [3.63, 3.8) is 0 Å². The third-order valence-electron chi connectivity index (χ3n) is 3.87. The highest BCUT2D eigenvalue weighted by molar-refractivity contribution is 5.73. The maximum Gasteiger partial charge on any atom is 0.184 e. The van der Waals surface area contributed by atoms with E-state index in [1.54, 1.807) is 0 Å². The minimum Gasteiger partial charge on any atom is -0.398 e. The summed E-state index contributed by atoms with van der Waals surface area (Å²) < 4.78 is 7.23. The largest absolute Gasteiger partial charge is 0.398 e. The molecule has 1 aliphatic heterocycles. The van der Waals surface area contributed by atoms with Crippen molar-refractivity contribution in [2.75, 3.05) is 18.9 Å². The molecule has 106 valence electrons. The summed E-state index contributed by atoms with van der Waals surface area (Å²) in [5, 5.41) is 12.0. The van der Waals surface area contributed by atoms with Crippen molar-refractivity contribution in [2.24, 2.45) is 5.92 Å². The molecule has 0 bridgehead atoms. The number of hydrogen-bond donors (Lipinski definition) is 1. The molecule has 1 unspecified atom stereocenters. The highest BCUT2D eigenvalue weighted by Gasteiger charge is 2.18. The van der Waals surface area contributed by atoms with Gasteiger partial charge in [-0.05, 0) is 47.7 Å². The van der Waals surface area contributed by atoms with Crippen LogP contribution in [0.4, 0.5) is 5.69 Å². The van der Waals surface area contributed by atoms with Crippen LogP contribution < -0.4 is 5.73 Å². The van der Waals surface area contributed by atoms with Gasteiger partial charge in [-0.3, -0.25) is 0 Å². The molecule has 1 fully saturated rings. The van der Waals surface area contributed by atoms with E-state index in [-0.39, 0.29) is 0 Å². The van der Waals surface area contributed by atoms with Gasteiger partial charge in [0.25, 0.3) is 0 Å². The number of para-hydroxylation sites is 1. The highest BCUT2D eigenvalue weighted by Crippen LogP contribution is 2.26. The van der Waals surface area contributed by atoms with E-state index in [1.165, 1.54) is 0 Å². The lowest BCUT2D eigenvalue weighted by molar-refractivity contribution is 0.183. The Hall–Kier alpha value is -1.95. The van der Waals surface area contributed by atoms with Gasteiger partial charge in [-0.2, -0.15) is 0 Å². The van der Waals surface area contributed by atoms with Gasteiger partial charge in [0.05, 0.1) is 0 Å². The second-order valence-electron chi connectivity index (χ2n) is 5.28. The Bertz CT molecular complexity index is 589. The zero-order chi connectivity index (χ0) is 13.9. The number of rotatable bonds is 4. The highest BCUT2D eigenvalue weighted by atomic mass is 16.5. The van der Waals surface area contributed by atoms with Gasteiger partial charge in [0.2, 0.25) is 0 Å². The number of aromatic nitrogens is 4. The van der Waals surface area contributed by atoms with Gasteiger partial charge in [-0.25, -0.2) is 4.68 Å². The topological polar surface area (TPSA) is 78.8 Å². The molecule has 2 aromatic rings. The van der Waals surface area contributed by atoms with Crippen molar-refractivity contribution in [3.8, 4) is 11.4 Å². The molecule has 20 heavy (non-hydrogen) atoms. The van der Waals surface area contributed by atoms with Crippen LogP contribution in [0.1, 0.15) is 18.4 Å². The van der Waals surface area contributed by atoms with Crippen molar-refractivity contribution >= 4 is 5.69 Å². The van der Waals surface area contributed by atoms with Gasteiger partial charge in [-0.1, -0.05) is 12.1 Å². The summed E-state index contributed by atoms with van der Waals surface area (Å²) in [7, 11) is 0. The number of nitrogens with zero attached hydrogens (tertiary/aromatic N) is 4. The molecule has 0 radical (unpaired) electrons. The SMILES string of the molecule is Cc1cccc(-c2nnnn2CCC2CCOC2)c1N. The number of anilines is 1. The van der Waals surface area contributed by atoms with E-state index in [9.17, 15) is 0 Å². The monoisotopic (exact) mass is 273 g/mol. The first-order valence-electron chi connectivity index (χ1n) is 6.95. The fraction of sp³-hybridized carbons (Fsp3) is 0.500. The molecule has 3 rings (SSSR count). The van der Waals surface area contributed by atoms with Gasteiger partial charge in [0, 0.05) is 31.0 Å². The Labute approximate surface area is 117 Å². The average Bonchev–Trinajstić information content (AvgIpc) is 3.10. The summed E-state index contributed by atoms with van der Waals surface area (Å²) in [6.07, 6.45) is 2.16. The predicted molar refractivity (Wildman–Crippen MR) is 75.9 cm³/mol. The molecular weight excluding hydrogens is 254 g/mol. The smallest absolute Gasteiger partial charge is 0.184 e. The van der Waals surface area contributed by atoms with Gasteiger partial charge in [0.1, 0.15) is 0 Å². The van der Waals surface area contributed by atoms with Gasteiger partial charge in [0.15, 0.2) is 5.82 Å². The maximum atomic E-state index is 6.13. The van der Waals surface area contributed by atoms with Gasteiger partial charge >= 0.3 is 0 Å². The summed E-state index contributed by atoms with van der Waals surface area (Å²) in [5.41, 5.74) is 8.82. The zero-order valence-corrected chi connectivity index (χ0v) is 11.6. The first kappa shape index (κ1) is 13.1. The number of hydrogen-bond acceptors (Lipinski definition) is 5. The molecule has 0 amide bonds. The third-order valence-corrected chi connectivity index (χ3v) is 3.87. The number of nitrogens with two attached hydrogens (primary N) is 1. The number of ether oxygens (including phenoxy) is 1. The molecule has 1 aromatic heterocycles. The second-order valence-corrected chi connectivity index (χ2v) is 5.28. The van der Waals surface area contributed by atoms with E-state index in [2.05, 4.69) is 15.5 Å². The molecule has 6 heteroatoms. The molecule has 0 spiro atoms. The van der Waals surface area contributed by atoms with Crippen LogP contribution in [-0.4, -0.2) is 33.4 Å². The molecule has 6 nitrogen and oxygen atoms in total. The van der Waals surface area contributed by atoms with Crippen molar-refractivity contribution < 1.29 is 4.74 Å². The summed E-state index contributed by atoms with van der Waals surface area (Å²) >= 11 is 0. The number of tetrazole rings is 1. The normalized spacial score (nSPS) is 18.6. The fourth-order valence-corrected chi connectivity index (χ4v) is 2.54. The van der Waals surface area contributed by atoms with E-state index in [1.807, 2.05) is 29.8 Å². The molecule has 0 aliphatic carbocycles. The van der Waals surface area contributed by atoms with E-state index in [4.69, 9.17) is 10.5 Å². The van der Waals surface area contributed by atoms with E-state index >= 15 is 0 Å². The molecule has 1 atom stereocenters. The quantitative estimate of drug-likeness (QED) is 0.857. The Balaban J connectivity index is 1.80. The van der Waals surface area contributed by atoms with Crippen LogP contribution >= 0.6 is 0 Å². The molecular formula is C14H19N5O. The number of nitrogen functional groups attached to an aromatic ring is 1. The van der Waals surface area contributed by atoms with Crippen LogP contribution in [-0.2, 0) is 11.3 Å². The summed E-state index contributed by atoms with van der Waals surface area (Å²) in [4.78, 5) is 0. The number of benzene rings is 1. The van der Waals surface area contributed by atoms with E-state index < -0.39 is 0 Å². The Kier molecular flexibility index (Phi) is 3.64. The van der Waals surface area contributed by atoms with Crippen LogP contribution in [0.5, 0.6) is 0 Å². The maximum absolute atomic E-state index is 6.13. The molecule has 2 N–H and O–H groups in total. The standard InChI is InChI=1S/C14H19N5O/c1-10-3-2-4-12(13(10)15)14-16-17-18-19(14)7-5-11-6-8-20-9-11/h2-4,11H,5-9,15H2,1H3. The lowest BCUT2D eigenvalue weighted by Crippen LogP contribution is -2.09. The zero-order valence-electron chi connectivity index (χ0n) is 11.6. The lowest BCUT2D eigenvalue weighted by Gasteiger charge is -2.10. The van der Waals surface area contributed by atoms with Gasteiger partial charge < -0.3 is 10.5 Å². The Morgan fingerprint density at radius 3 is 3.15 bits per heavy atom. The minimum atomic E-state index is 0.613. The first-order chi connectivity index (χ1) is 9.75. The van der Waals surface area contributed by atoms with Crippen LogP contribution in [0, 0.1) is 12.8 Å². The third kappa shape index (κ3) is 2.51. The summed E-state index contributed by atoms with van der Waals surface area (Å²) in [6.45, 7) is 4.51. The van der Waals surface area contributed by atoms with Gasteiger partial charge in [-0.15, -0.1) is 5.10 Å².